The largest absolute Gasteiger partial charge is 0.378 e. The van der Waals surface area contributed by atoms with Crippen LogP contribution < -0.4 is 0 Å². The first-order valence-electron chi connectivity index (χ1n) is 5.61. The van der Waals surface area contributed by atoms with Gasteiger partial charge < -0.3 is 9.26 Å². The summed E-state index contributed by atoms with van der Waals surface area (Å²) >= 11 is 0. The van der Waals surface area contributed by atoms with E-state index in [2.05, 4.69) is 10.1 Å². The molecule has 2 heterocycles. The average Bonchev–Trinajstić information content (AvgIpc) is 2.88. The van der Waals surface area contributed by atoms with Crippen LogP contribution in [-0.2, 0) is 16.0 Å². The molecule has 0 aliphatic carbocycles. The lowest BCUT2D eigenvalue weighted by molar-refractivity contribution is -0.118. The number of ketones is 1. The molecular formula is C11H16N2O3. The van der Waals surface area contributed by atoms with Crippen LogP contribution >= 0.6 is 0 Å². The highest BCUT2D eigenvalue weighted by atomic mass is 16.5. The van der Waals surface area contributed by atoms with Gasteiger partial charge in [0.2, 0.25) is 5.89 Å². The maximum Gasteiger partial charge on any atom is 0.236 e. The van der Waals surface area contributed by atoms with E-state index < -0.39 is 0 Å². The van der Waals surface area contributed by atoms with Crippen LogP contribution in [0.3, 0.4) is 0 Å². The van der Waals surface area contributed by atoms with Gasteiger partial charge in [-0.1, -0.05) is 5.16 Å². The molecular weight excluding hydrogens is 208 g/mol. The molecule has 0 aromatic carbocycles. The van der Waals surface area contributed by atoms with Gasteiger partial charge in [-0.3, -0.25) is 4.79 Å². The number of carbonyl (C=O) groups excluding carboxylic acids is 1. The average molecular weight is 224 g/mol. The number of rotatable bonds is 4. The summed E-state index contributed by atoms with van der Waals surface area (Å²) < 4.78 is 10.5. The quantitative estimate of drug-likeness (QED) is 0.775. The van der Waals surface area contributed by atoms with Crippen molar-refractivity contribution in [2.75, 3.05) is 6.61 Å². The Balaban J connectivity index is 1.98. The van der Waals surface area contributed by atoms with Crippen molar-refractivity contribution in [3.63, 3.8) is 0 Å². The number of Topliss-reactive ketones (excluding diaryl/α,β-unsaturated/α-hetero) is 1. The van der Waals surface area contributed by atoms with E-state index in [0.717, 1.165) is 19.4 Å². The molecule has 16 heavy (non-hydrogen) atoms. The molecule has 1 aromatic rings. The molecule has 2 unspecified atom stereocenters. The lowest BCUT2D eigenvalue weighted by atomic mass is 10.1. The second kappa shape index (κ2) is 4.74. The van der Waals surface area contributed by atoms with Crippen LogP contribution in [-0.4, -0.2) is 28.6 Å². The zero-order chi connectivity index (χ0) is 11.5. The van der Waals surface area contributed by atoms with Crippen molar-refractivity contribution in [1.82, 2.24) is 10.1 Å². The zero-order valence-corrected chi connectivity index (χ0v) is 9.60. The Kier molecular flexibility index (Phi) is 3.33. The van der Waals surface area contributed by atoms with Crippen LogP contribution in [0, 0.1) is 0 Å². The number of hydrogen-bond donors (Lipinski definition) is 0. The van der Waals surface area contributed by atoms with Gasteiger partial charge in [-0.15, -0.1) is 0 Å². The molecule has 1 aliphatic rings. The molecule has 0 saturated carbocycles. The van der Waals surface area contributed by atoms with Crippen molar-refractivity contribution in [3.05, 3.63) is 11.7 Å². The molecule has 88 valence electrons. The standard InChI is InChI=1S/C11H16N2O3/c1-7(8(2)14)11-12-10(13-16-11)6-9-4-3-5-15-9/h7,9H,3-6H2,1-2H3. The summed E-state index contributed by atoms with van der Waals surface area (Å²) in [6, 6.07) is 0. The van der Waals surface area contributed by atoms with Crippen LogP contribution in [0.25, 0.3) is 0 Å². The SMILES string of the molecule is CC(=O)C(C)c1nc(CC2CCCO2)no1. The van der Waals surface area contributed by atoms with Crippen LogP contribution in [0.5, 0.6) is 0 Å². The summed E-state index contributed by atoms with van der Waals surface area (Å²) in [4.78, 5) is 15.4. The molecule has 0 radical (unpaired) electrons. The van der Waals surface area contributed by atoms with E-state index in [0.29, 0.717) is 18.1 Å². The molecule has 1 saturated heterocycles. The summed E-state index contributed by atoms with van der Waals surface area (Å²) in [5.41, 5.74) is 0. The predicted molar refractivity (Wildman–Crippen MR) is 56.1 cm³/mol. The maximum atomic E-state index is 11.1. The molecule has 1 fully saturated rings. The van der Waals surface area contributed by atoms with Gasteiger partial charge in [0.25, 0.3) is 0 Å². The Morgan fingerprint density at radius 2 is 2.44 bits per heavy atom. The molecule has 0 amide bonds. The van der Waals surface area contributed by atoms with Crippen molar-refractivity contribution in [2.45, 2.75) is 45.1 Å². The minimum atomic E-state index is -0.314. The highest BCUT2D eigenvalue weighted by Crippen LogP contribution is 2.18. The number of hydrogen-bond acceptors (Lipinski definition) is 5. The third-order valence-corrected chi connectivity index (χ3v) is 2.90. The Hall–Kier alpha value is -1.23. The Morgan fingerprint density at radius 3 is 3.06 bits per heavy atom. The number of ether oxygens (including phenoxy) is 1. The van der Waals surface area contributed by atoms with Gasteiger partial charge in [0.05, 0.1) is 12.0 Å². The first-order valence-corrected chi connectivity index (χ1v) is 5.61. The monoisotopic (exact) mass is 224 g/mol. The fourth-order valence-electron chi connectivity index (χ4n) is 1.71. The lowest BCUT2D eigenvalue weighted by Crippen LogP contribution is -2.10. The van der Waals surface area contributed by atoms with Gasteiger partial charge in [-0.25, -0.2) is 0 Å². The van der Waals surface area contributed by atoms with Crippen molar-refractivity contribution >= 4 is 5.78 Å². The molecule has 5 heteroatoms. The topological polar surface area (TPSA) is 65.2 Å². The predicted octanol–water partition coefficient (Wildman–Crippen LogP) is 1.48. The van der Waals surface area contributed by atoms with Gasteiger partial charge in [-0.2, -0.15) is 4.98 Å². The third-order valence-electron chi connectivity index (χ3n) is 2.90. The molecule has 0 spiro atoms. The molecule has 2 atom stereocenters. The smallest absolute Gasteiger partial charge is 0.236 e. The second-order valence-electron chi connectivity index (χ2n) is 4.22. The van der Waals surface area contributed by atoms with Crippen LogP contribution in [0.4, 0.5) is 0 Å². The molecule has 0 bridgehead atoms. The maximum absolute atomic E-state index is 11.1. The van der Waals surface area contributed by atoms with Crippen LogP contribution in [0.15, 0.2) is 4.52 Å². The normalized spacial score (nSPS) is 22.2. The van der Waals surface area contributed by atoms with Crippen molar-refractivity contribution in [3.8, 4) is 0 Å². The summed E-state index contributed by atoms with van der Waals surface area (Å²) in [5.74, 6) is 0.758. The highest BCUT2D eigenvalue weighted by Gasteiger charge is 2.22. The Bertz CT molecular complexity index is 369. The van der Waals surface area contributed by atoms with Gasteiger partial charge in [0.15, 0.2) is 5.82 Å². The van der Waals surface area contributed by atoms with Crippen molar-refractivity contribution in [2.24, 2.45) is 0 Å². The van der Waals surface area contributed by atoms with E-state index in [9.17, 15) is 4.79 Å². The molecule has 2 rings (SSSR count). The number of carbonyl (C=O) groups is 1. The van der Waals surface area contributed by atoms with E-state index in [-0.39, 0.29) is 17.8 Å². The number of nitrogens with zero attached hydrogens (tertiary/aromatic N) is 2. The second-order valence-corrected chi connectivity index (χ2v) is 4.22. The van der Waals surface area contributed by atoms with Crippen molar-refractivity contribution < 1.29 is 14.1 Å². The van der Waals surface area contributed by atoms with Crippen molar-refractivity contribution in [1.29, 1.82) is 0 Å². The number of aromatic nitrogens is 2. The summed E-state index contributed by atoms with van der Waals surface area (Å²) in [6.07, 6.45) is 3.03. The van der Waals surface area contributed by atoms with Crippen LogP contribution in [0.2, 0.25) is 0 Å². The van der Waals surface area contributed by atoms with Gasteiger partial charge in [0.1, 0.15) is 5.78 Å². The van der Waals surface area contributed by atoms with Gasteiger partial charge >= 0.3 is 0 Å². The fraction of sp³-hybridized carbons (Fsp3) is 0.727. The molecule has 5 nitrogen and oxygen atoms in total. The Labute approximate surface area is 94.2 Å². The van der Waals surface area contributed by atoms with E-state index >= 15 is 0 Å². The van der Waals surface area contributed by atoms with E-state index in [4.69, 9.17) is 9.26 Å². The Morgan fingerprint density at radius 1 is 1.62 bits per heavy atom. The minimum Gasteiger partial charge on any atom is -0.378 e. The van der Waals surface area contributed by atoms with Crippen LogP contribution in [0.1, 0.15) is 44.3 Å². The van der Waals surface area contributed by atoms with E-state index in [1.165, 1.54) is 6.92 Å². The van der Waals surface area contributed by atoms with E-state index in [1.54, 1.807) is 6.92 Å². The first kappa shape index (κ1) is 11.3. The summed E-state index contributed by atoms with van der Waals surface area (Å²) in [7, 11) is 0. The minimum absolute atomic E-state index is 0.0346. The highest BCUT2D eigenvalue weighted by molar-refractivity contribution is 5.81. The third kappa shape index (κ3) is 2.47. The molecule has 1 aliphatic heterocycles. The summed E-state index contributed by atoms with van der Waals surface area (Å²) in [5, 5.41) is 3.86. The first-order chi connectivity index (χ1) is 7.66. The zero-order valence-electron chi connectivity index (χ0n) is 9.60. The van der Waals surface area contributed by atoms with Gasteiger partial charge in [-0.05, 0) is 26.7 Å². The fourth-order valence-corrected chi connectivity index (χ4v) is 1.71. The molecule has 0 N–H and O–H groups in total. The molecule has 1 aromatic heterocycles. The summed E-state index contributed by atoms with van der Waals surface area (Å²) in [6.45, 7) is 4.11. The lowest BCUT2D eigenvalue weighted by Gasteiger charge is -2.04. The van der Waals surface area contributed by atoms with Gasteiger partial charge in [0, 0.05) is 13.0 Å². The van der Waals surface area contributed by atoms with E-state index in [1.807, 2.05) is 0 Å².